The quantitative estimate of drug-likeness (QED) is 0.592. The molecule has 5 heterocycles. The molecule has 2 bridgehead atoms. The molecule has 2 saturated heterocycles. The average Bonchev–Trinajstić information content (AvgIpc) is 3.38. The number of hydrogen-bond donors (Lipinski definition) is 0. The Morgan fingerprint density at radius 2 is 1.82 bits per heavy atom. The SMILES string of the molecule is O=C(CN1CC2CCC(C1)N2c1ncc(F)cn1)N1CCc2nc(-c3ccccc3)sc2C1. The van der Waals surface area contributed by atoms with Crippen LogP contribution >= 0.6 is 11.3 Å². The van der Waals surface area contributed by atoms with E-state index >= 15 is 0 Å². The van der Waals surface area contributed by atoms with Crippen LogP contribution in [0.15, 0.2) is 42.7 Å². The molecule has 2 unspecified atom stereocenters. The Hall–Kier alpha value is -2.91. The fraction of sp³-hybridized carbons (Fsp3) is 0.417. The zero-order valence-corrected chi connectivity index (χ0v) is 19.0. The monoisotopic (exact) mass is 464 g/mol. The van der Waals surface area contributed by atoms with Crippen LogP contribution in [0.4, 0.5) is 10.3 Å². The van der Waals surface area contributed by atoms with Crippen molar-refractivity contribution in [2.75, 3.05) is 31.1 Å². The van der Waals surface area contributed by atoms with Gasteiger partial charge in [-0.2, -0.15) is 0 Å². The Morgan fingerprint density at radius 3 is 2.55 bits per heavy atom. The Kier molecular flexibility index (Phi) is 5.30. The summed E-state index contributed by atoms with van der Waals surface area (Å²) in [5.74, 6) is 0.357. The van der Waals surface area contributed by atoms with Crippen LogP contribution in [0.5, 0.6) is 0 Å². The number of thiazole rings is 1. The molecule has 33 heavy (non-hydrogen) atoms. The van der Waals surface area contributed by atoms with Gasteiger partial charge in [-0.1, -0.05) is 30.3 Å². The predicted octanol–water partition coefficient (Wildman–Crippen LogP) is 2.98. The van der Waals surface area contributed by atoms with Crippen LogP contribution in [0.3, 0.4) is 0 Å². The molecule has 3 aromatic rings. The van der Waals surface area contributed by atoms with Gasteiger partial charge in [0, 0.05) is 48.6 Å². The van der Waals surface area contributed by atoms with E-state index in [1.165, 1.54) is 17.3 Å². The molecule has 0 saturated carbocycles. The third-order valence-electron chi connectivity index (χ3n) is 6.86. The predicted molar refractivity (Wildman–Crippen MR) is 124 cm³/mol. The minimum atomic E-state index is -0.420. The third kappa shape index (κ3) is 4.00. The Labute approximate surface area is 195 Å². The molecule has 2 atom stereocenters. The number of rotatable bonds is 4. The van der Waals surface area contributed by atoms with Gasteiger partial charge in [0.25, 0.3) is 0 Å². The normalized spacial score (nSPS) is 22.5. The second kappa shape index (κ2) is 8.46. The number of aromatic nitrogens is 3. The van der Waals surface area contributed by atoms with E-state index < -0.39 is 5.82 Å². The molecule has 170 valence electrons. The van der Waals surface area contributed by atoms with Crippen molar-refractivity contribution in [2.24, 2.45) is 0 Å². The minimum Gasteiger partial charge on any atom is -0.336 e. The van der Waals surface area contributed by atoms with Crippen molar-refractivity contribution in [3.8, 4) is 10.6 Å². The lowest BCUT2D eigenvalue weighted by Gasteiger charge is -2.41. The first kappa shape index (κ1) is 20.7. The van der Waals surface area contributed by atoms with Gasteiger partial charge in [0.1, 0.15) is 5.01 Å². The summed E-state index contributed by atoms with van der Waals surface area (Å²) >= 11 is 1.70. The van der Waals surface area contributed by atoms with E-state index in [-0.39, 0.29) is 18.0 Å². The number of benzene rings is 1. The van der Waals surface area contributed by atoms with Gasteiger partial charge in [0.15, 0.2) is 5.82 Å². The maximum absolute atomic E-state index is 13.2. The summed E-state index contributed by atoms with van der Waals surface area (Å²) in [6, 6.07) is 10.8. The second-order valence-electron chi connectivity index (χ2n) is 9.01. The van der Waals surface area contributed by atoms with Crippen molar-refractivity contribution in [3.05, 3.63) is 59.1 Å². The first-order valence-corrected chi connectivity index (χ1v) is 12.3. The van der Waals surface area contributed by atoms with Crippen LogP contribution in [-0.4, -0.2) is 68.9 Å². The lowest BCUT2D eigenvalue weighted by molar-refractivity contribution is -0.133. The van der Waals surface area contributed by atoms with E-state index in [0.717, 1.165) is 55.2 Å². The highest BCUT2D eigenvalue weighted by Gasteiger charge is 2.42. The minimum absolute atomic E-state index is 0.182. The zero-order chi connectivity index (χ0) is 22.4. The first-order chi connectivity index (χ1) is 16.1. The Morgan fingerprint density at radius 1 is 1.09 bits per heavy atom. The van der Waals surface area contributed by atoms with Crippen LogP contribution in [0.1, 0.15) is 23.4 Å². The number of hydrogen-bond acceptors (Lipinski definition) is 7. The maximum Gasteiger partial charge on any atom is 0.237 e. The zero-order valence-electron chi connectivity index (χ0n) is 18.2. The van der Waals surface area contributed by atoms with Gasteiger partial charge in [0.05, 0.1) is 31.2 Å². The lowest BCUT2D eigenvalue weighted by Crippen LogP contribution is -2.56. The second-order valence-corrected chi connectivity index (χ2v) is 10.1. The molecule has 3 aliphatic rings. The highest BCUT2D eigenvalue weighted by molar-refractivity contribution is 7.15. The molecule has 1 aromatic carbocycles. The molecule has 9 heteroatoms. The van der Waals surface area contributed by atoms with Gasteiger partial charge in [-0.25, -0.2) is 19.3 Å². The molecule has 3 aliphatic heterocycles. The van der Waals surface area contributed by atoms with E-state index in [4.69, 9.17) is 4.98 Å². The number of nitrogens with zero attached hydrogens (tertiary/aromatic N) is 6. The molecule has 0 aliphatic carbocycles. The van der Waals surface area contributed by atoms with E-state index in [1.807, 2.05) is 23.1 Å². The number of carbonyl (C=O) groups excluding carboxylic acids is 1. The van der Waals surface area contributed by atoms with Crippen molar-refractivity contribution >= 4 is 23.2 Å². The van der Waals surface area contributed by atoms with Crippen molar-refractivity contribution in [1.29, 1.82) is 0 Å². The van der Waals surface area contributed by atoms with Crippen molar-refractivity contribution in [1.82, 2.24) is 24.8 Å². The summed E-state index contributed by atoms with van der Waals surface area (Å²) in [6.45, 7) is 3.42. The highest BCUT2D eigenvalue weighted by Crippen LogP contribution is 2.34. The molecule has 6 rings (SSSR count). The largest absolute Gasteiger partial charge is 0.336 e. The van der Waals surface area contributed by atoms with Crippen LogP contribution < -0.4 is 4.90 Å². The number of piperazine rings is 1. The highest BCUT2D eigenvalue weighted by atomic mass is 32.1. The van der Waals surface area contributed by atoms with Gasteiger partial charge in [-0.15, -0.1) is 11.3 Å². The van der Waals surface area contributed by atoms with E-state index in [0.29, 0.717) is 19.0 Å². The standard InChI is InChI=1S/C24H25FN6OS/c25-17-10-26-24(27-11-17)31-18-6-7-19(31)13-29(12-18)15-22(32)30-9-8-20-21(14-30)33-23(28-20)16-4-2-1-3-5-16/h1-5,10-11,18-19H,6-9,12-15H2. The smallest absolute Gasteiger partial charge is 0.237 e. The molecule has 1 amide bonds. The van der Waals surface area contributed by atoms with Gasteiger partial charge < -0.3 is 9.80 Å². The summed E-state index contributed by atoms with van der Waals surface area (Å²) in [4.78, 5) is 34.0. The molecule has 0 spiro atoms. The number of fused-ring (bicyclic) bond motifs is 3. The molecule has 2 aromatic heterocycles. The summed E-state index contributed by atoms with van der Waals surface area (Å²) in [7, 11) is 0. The van der Waals surface area contributed by atoms with E-state index in [9.17, 15) is 9.18 Å². The summed E-state index contributed by atoms with van der Waals surface area (Å²) in [5, 5.41) is 1.03. The molecule has 0 N–H and O–H groups in total. The fourth-order valence-corrected chi connectivity index (χ4v) is 6.42. The van der Waals surface area contributed by atoms with Crippen molar-refractivity contribution in [2.45, 2.75) is 37.9 Å². The number of halogens is 1. The number of likely N-dealkylation sites (tertiary alicyclic amines) is 1. The molecule has 7 nitrogen and oxygen atoms in total. The van der Waals surface area contributed by atoms with E-state index in [1.54, 1.807) is 11.3 Å². The maximum atomic E-state index is 13.2. The lowest BCUT2D eigenvalue weighted by atomic mass is 10.1. The molecule has 0 radical (unpaired) electrons. The van der Waals surface area contributed by atoms with Gasteiger partial charge in [0.2, 0.25) is 11.9 Å². The van der Waals surface area contributed by atoms with Crippen molar-refractivity contribution < 1.29 is 9.18 Å². The van der Waals surface area contributed by atoms with Crippen LogP contribution in [-0.2, 0) is 17.8 Å². The van der Waals surface area contributed by atoms with E-state index in [2.05, 4.69) is 31.9 Å². The van der Waals surface area contributed by atoms with Crippen LogP contribution in [0.2, 0.25) is 0 Å². The summed E-state index contributed by atoms with van der Waals surface area (Å²) in [6.07, 6.45) is 5.36. The molecular formula is C24H25FN6OS. The number of carbonyl (C=O) groups is 1. The molecule has 2 fully saturated rings. The van der Waals surface area contributed by atoms with Crippen LogP contribution in [0, 0.1) is 5.82 Å². The Bertz CT molecular complexity index is 1140. The average molecular weight is 465 g/mol. The van der Waals surface area contributed by atoms with Gasteiger partial charge in [-0.3, -0.25) is 9.69 Å². The third-order valence-corrected chi connectivity index (χ3v) is 7.99. The van der Waals surface area contributed by atoms with Crippen molar-refractivity contribution in [3.63, 3.8) is 0 Å². The fourth-order valence-electron chi connectivity index (χ4n) is 5.29. The first-order valence-electron chi connectivity index (χ1n) is 11.4. The van der Waals surface area contributed by atoms with Gasteiger partial charge in [-0.05, 0) is 12.8 Å². The summed E-state index contributed by atoms with van der Waals surface area (Å²) in [5.41, 5.74) is 2.27. The van der Waals surface area contributed by atoms with Gasteiger partial charge >= 0.3 is 0 Å². The Balaban J connectivity index is 1.10. The number of amides is 1. The topological polar surface area (TPSA) is 65.5 Å². The number of anilines is 1. The van der Waals surface area contributed by atoms with Crippen LogP contribution in [0.25, 0.3) is 10.6 Å². The summed E-state index contributed by atoms with van der Waals surface area (Å²) < 4.78 is 13.2. The molecular weight excluding hydrogens is 439 g/mol.